The van der Waals surface area contributed by atoms with Crippen LogP contribution in [0, 0.1) is 5.92 Å². The van der Waals surface area contributed by atoms with Gasteiger partial charge in [-0.1, -0.05) is 6.92 Å². The summed E-state index contributed by atoms with van der Waals surface area (Å²) in [5, 5.41) is 3.51. The number of hydrogen-bond acceptors (Lipinski definition) is 3. The van der Waals surface area contributed by atoms with Crippen LogP contribution >= 0.6 is 0 Å². The van der Waals surface area contributed by atoms with E-state index in [0.29, 0.717) is 6.04 Å². The molecule has 0 bridgehead atoms. The van der Waals surface area contributed by atoms with E-state index in [2.05, 4.69) is 17.1 Å². The van der Waals surface area contributed by atoms with Gasteiger partial charge in [0.15, 0.2) is 0 Å². The molecule has 4 nitrogen and oxygen atoms in total. The van der Waals surface area contributed by atoms with E-state index >= 15 is 0 Å². The second-order valence-corrected chi connectivity index (χ2v) is 5.55. The van der Waals surface area contributed by atoms with Gasteiger partial charge in [0.05, 0.1) is 0 Å². The molecular formula is C13H25N3O. The minimum absolute atomic E-state index is 0.224. The Bertz CT molecular complexity index is 269. The minimum atomic E-state index is 0.224. The van der Waals surface area contributed by atoms with Gasteiger partial charge in [0.1, 0.15) is 0 Å². The van der Waals surface area contributed by atoms with Crippen LogP contribution in [0.15, 0.2) is 0 Å². The van der Waals surface area contributed by atoms with Crippen molar-refractivity contribution in [3.05, 3.63) is 0 Å². The lowest BCUT2D eigenvalue weighted by Crippen LogP contribution is -2.49. The molecule has 0 aromatic rings. The molecule has 0 radical (unpaired) electrons. The molecule has 0 spiro atoms. The van der Waals surface area contributed by atoms with E-state index in [1.54, 1.807) is 6.92 Å². The number of carbonyl (C=O) groups is 1. The largest absolute Gasteiger partial charge is 0.342 e. The van der Waals surface area contributed by atoms with Crippen LogP contribution in [0.2, 0.25) is 0 Å². The Kier molecular flexibility index (Phi) is 4.40. The minimum Gasteiger partial charge on any atom is -0.342 e. The van der Waals surface area contributed by atoms with Crippen molar-refractivity contribution < 1.29 is 4.79 Å². The summed E-state index contributed by atoms with van der Waals surface area (Å²) < 4.78 is 0. The summed E-state index contributed by atoms with van der Waals surface area (Å²) in [6.07, 6.45) is 2.41. The monoisotopic (exact) mass is 239 g/mol. The standard InChI is InChI=1S/C13H25N3O/c1-11-8-13(10-14-9-11)16-5-3-4-15(6-7-16)12(2)17/h11,13-14H,3-10H2,1-2H3. The Hall–Kier alpha value is -0.610. The second kappa shape index (κ2) is 5.83. The third kappa shape index (κ3) is 3.42. The van der Waals surface area contributed by atoms with Crippen molar-refractivity contribution in [3.8, 4) is 0 Å². The molecule has 2 saturated heterocycles. The van der Waals surface area contributed by atoms with Gasteiger partial charge in [-0.3, -0.25) is 9.69 Å². The number of nitrogens with zero attached hydrogens (tertiary/aromatic N) is 2. The van der Waals surface area contributed by atoms with E-state index in [1.165, 1.54) is 6.42 Å². The molecule has 1 N–H and O–H groups in total. The number of nitrogens with one attached hydrogen (secondary N) is 1. The first kappa shape index (κ1) is 12.8. The van der Waals surface area contributed by atoms with Gasteiger partial charge < -0.3 is 10.2 Å². The molecule has 2 aliphatic rings. The van der Waals surface area contributed by atoms with Crippen LogP contribution in [0.1, 0.15) is 26.7 Å². The van der Waals surface area contributed by atoms with Crippen molar-refractivity contribution in [1.82, 2.24) is 15.1 Å². The van der Waals surface area contributed by atoms with Crippen LogP contribution in [-0.2, 0) is 4.79 Å². The molecule has 0 saturated carbocycles. The third-order valence-electron chi connectivity index (χ3n) is 4.04. The van der Waals surface area contributed by atoms with Gasteiger partial charge in [-0.2, -0.15) is 0 Å². The highest BCUT2D eigenvalue weighted by Gasteiger charge is 2.26. The molecule has 17 heavy (non-hydrogen) atoms. The fraction of sp³-hybridized carbons (Fsp3) is 0.923. The van der Waals surface area contributed by atoms with E-state index in [-0.39, 0.29) is 5.91 Å². The van der Waals surface area contributed by atoms with Gasteiger partial charge in [0.25, 0.3) is 0 Å². The number of hydrogen-bond donors (Lipinski definition) is 1. The number of rotatable bonds is 1. The molecular weight excluding hydrogens is 214 g/mol. The summed E-state index contributed by atoms with van der Waals surface area (Å²) in [4.78, 5) is 15.9. The molecule has 4 heteroatoms. The second-order valence-electron chi connectivity index (χ2n) is 5.55. The maximum Gasteiger partial charge on any atom is 0.219 e. The fourth-order valence-corrected chi connectivity index (χ4v) is 3.02. The van der Waals surface area contributed by atoms with Gasteiger partial charge in [-0.25, -0.2) is 0 Å². The van der Waals surface area contributed by atoms with Crippen molar-refractivity contribution in [2.75, 3.05) is 39.3 Å². The van der Waals surface area contributed by atoms with Crippen molar-refractivity contribution in [1.29, 1.82) is 0 Å². The quantitative estimate of drug-likeness (QED) is 0.725. The zero-order valence-corrected chi connectivity index (χ0v) is 11.1. The van der Waals surface area contributed by atoms with E-state index in [0.717, 1.165) is 51.6 Å². The first-order valence-electron chi connectivity index (χ1n) is 6.87. The highest BCUT2D eigenvalue weighted by Crippen LogP contribution is 2.17. The number of amides is 1. The highest BCUT2D eigenvalue weighted by molar-refractivity contribution is 5.73. The molecule has 2 aliphatic heterocycles. The summed E-state index contributed by atoms with van der Waals surface area (Å²) in [5.74, 6) is 1.00. The van der Waals surface area contributed by atoms with Crippen LogP contribution in [-0.4, -0.2) is 61.0 Å². The van der Waals surface area contributed by atoms with E-state index in [4.69, 9.17) is 0 Å². The lowest BCUT2D eigenvalue weighted by atomic mass is 9.96. The molecule has 1 amide bonds. The Labute approximate surface area is 104 Å². The molecule has 2 unspecified atom stereocenters. The molecule has 2 heterocycles. The first-order valence-corrected chi connectivity index (χ1v) is 6.87. The van der Waals surface area contributed by atoms with E-state index < -0.39 is 0 Å². The Morgan fingerprint density at radius 3 is 2.71 bits per heavy atom. The maximum atomic E-state index is 11.4. The molecule has 2 fully saturated rings. The average Bonchev–Trinajstić information content (AvgIpc) is 2.54. The third-order valence-corrected chi connectivity index (χ3v) is 4.04. The van der Waals surface area contributed by atoms with Crippen LogP contribution in [0.3, 0.4) is 0 Å². The lowest BCUT2D eigenvalue weighted by Gasteiger charge is -2.36. The summed E-state index contributed by atoms with van der Waals surface area (Å²) >= 11 is 0. The predicted octanol–water partition coefficient (Wildman–Crippen LogP) is 0.539. The predicted molar refractivity (Wildman–Crippen MR) is 68.9 cm³/mol. The smallest absolute Gasteiger partial charge is 0.219 e. The topological polar surface area (TPSA) is 35.6 Å². The molecule has 98 valence electrons. The average molecular weight is 239 g/mol. The molecule has 2 atom stereocenters. The van der Waals surface area contributed by atoms with Crippen LogP contribution in [0.25, 0.3) is 0 Å². The normalized spacial score (nSPS) is 32.2. The summed E-state index contributed by atoms with van der Waals surface area (Å²) in [6, 6.07) is 0.672. The van der Waals surface area contributed by atoms with Gasteiger partial charge >= 0.3 is 0 Å². The zero-order chi connectivity index (χ0) is 12.3. The van der Waals surface area contributed by atoms with Crippen molar-refractivity contribution >= 4 is 5.91 Å². The van der Waals surface area contributed by atoms with Crippen molar-refractivity contribution in [3.63, 3.8) is 0 Å². The molecule has 0 aromatic heterocycles. The van der Waals surface area contributed by atoms with Crippen LogP contribution < -0.4 is 5.32 Å². The SMILES string of the molecule is CC(=O)N1CCCN(C2CNCC(C)C2)CC1. The van der Waals surface area contributed by atoms with Gasteiger partial charge in [0, 0.05) is 45.7 Å². The zero-order valence-electron chi connectivity index (χ0n) is 11.1. The lowest BCUT2D eigenvalue weighted by molar-refractivity contribution is -0.128. The number of piperidine rings is 1. The Balaban J connectivity index is 1.87. The van der Waals surface area contributed by atoms with Crippen molar-refractivity contribution in [2.45, 2.75) is 32.7 Å². The Morgan fingerprint density at radius 1 is 1.18 bits per heavy atom. The summed E-state index contributed by atoms with van der Waals surface area (Å²) in [6.45, 7) is 10.3. The summed E-state index contributed by atoms with van der Waals surface area (Å²) in [7, 11) is 0. The fourth-order valence-electron chi connectivity index (χ4n) is 3.02. The van der Waals surface area contributed by atoms with Gasteiger partial charge in [-0.15, -0.1) is 0 Å². The first-order chi connectivity index (χ1) is 8.16. The molecule has 0 aromatic carbocycles. The highest BCUT2D eigenvalue weighted by atomic mass is 16.2. The van der Waals surface area contributed by atoms with E-state index in [1.807, 2.05) is 4.90 Å². The van der Waals surface area contributed by atoms with Gasteiger partial charge in [-0.05, 0) is 25.3 Å². The van der Waals surface area contributed by atoms with Crippen LogP contribution in [0.5, 0.6) is 0 Å². The van der Waals surface area contributed by atoms with Crippen LogP contribution in [0.4, 0.5) is 0 Å². The number of carbonyl (C=O) groups excluding carboxylic acids is 1. The maximum absolute atomic E-state index is 11.4. The summed E-state index contributed by atoms with van der Waals surface area (Å²) in [5.41, 5.74) is 0. The molecule has 2 rings (SSSR count). The van der Waals surface area contributed by atoms with Gasteiger partial charge in [0.2, 0.25) is 5.91 Å². The van der Waals surface area contributed by atoms with E-state index in [9.17, 15) is 4.79 Å². The Morgan fingerprint density at radius 2 is 2.00 bits per heavy atom. The van der Waals surface area contributed by atoms with Crippen molar-refractivity contribution in [2.24, 2.45) is 5.92 Å². The molecule has 0 aliphatic carbocycles.